The Morgan fingerprint density at radius 1 is 1.30 bits per heavy atom. The van der Waals surface area contributed by atoms with Gasteiger partial charge in [-0.1, -0.05) is 54.4 Å². The van der Waals surface area contributed by atoms with E-state index in [9.17, 15) is 9.36 Å². The van der Waals surface area contributed by atoms with Crippen molar-refractivity contribution in [1.82, 2.24) is 4.98 Å². The zero-order chi connectivity index (χ0) is 16.9. The third-order valence-electron chi connectivity index (χ3n) is 3.46. The molecule has 2 aromatic rings. The summed E-state index contributed by atoms with van der Waals surface area (Å²) in [5.41, 5.74) is 0.912. The van der Waals surface area contributed by atoms with Crippen molar-refractivity contribution in [1.29, 1.82) is 0 Å². The van der Waals surface area contributed by atoms with Gasteiger partial charge in [-0.05, 0) is 25.0 Å². The van der Waals surface area contributed by atoms with E-state index in [0.717, 1.165) is 15.9 Å². The van der Waals surface area contributed by atoms with Crippen molar-refractivity contribution in [3.8, 4) is 0 Å². The number of pyridine rings is 1. The lowest BCUT2D eigenvalue weighted by Crippen LogP contribution is -2.32. The van der Waals surface area contributed by atoms with Crippen LogP contribution >= 0.6 is 20.2 Å². The Morgan fingerprint density at radius 3 is 2.74 bits per heavy atom. The first-order chi connectivity index (χ1) is 10.9. The Bertz CT molecular complexity index is 707. The monoisotopic (exact) mass is 350 g/mol. The fourth-order valence-electron chi connectivity index (χ4n) is 2.41. The van der Waals surface area contributed by atoms with Gasteiger partial charge in [-0.25, -0.2) is 9.78 Å². The highest BCUT2D eigenvalue weighted by Crippen LogP contribution is 2.32. The van der Waals surface area contributed by atoms with Crippen LogP contribution in [0.4, 0.5) is 0 Å². The molecule has 0 N–H and O–H groups in total. The molecule has 2 unspecified atom stereocenters. The zero-order valence-electron chi connectivity index (χ0n) is 13.5. The molecule has 0 aliphatic carbocycles. The number of carbonyl (C=O) groups is 1. The molecule has 0 aliphatic heterocycles. The van der Waals surface area contributed by atoms with E-state index in [1.807, 2.05) is 50.2 Å². The summed E-state index contributed by atoms with van der Waals surface area (Å²) in [6.07, 6.45) is 0.548. The molecule has 23 heavy (non-hydrogen) atoms. The molecular formula is C17H21NO3PS+. The molecule has 0 aliphatic rings. The van der Waals surface area contributed by atoms with Gasteiger partial charge < -0.3 is 4.74 Å². The number of rotatable bonds is 7. The average Bonchev–Trinajstić information content (AvgIpc) is 2.53. The first-order valence-electron chi connectivity index (χ1n) is 7.50. The molecule has 2 rings (SSSR count). The number of para-hydroxylation sites is 1. The molecule has 0 saturated heterocycles. The van der Waals surface area contributed by atoms with Gasteiger partial charge in [0.15, 0.2) is 0 Å². The lowest BCUT2D eigenvalue weighted by Gasteiger charge is -2.16. The lowest BCUT2D eigenvalue weighted by molar-refractivity contribution is -0.144. The number of benzene rings is 1. The van der Waals surface area contributed by atoms with Crippen molar-refractivity contribution in [2.24, 2.45) is 5.92 Å². The second kappa shape index (κ2) is 7.89. The van der Waals surface area contributed by atoms with Gasteiger partial charge in [0.1, 0.15) is 5.94 Å². The van der Waals surface area contributed by atoms with E-state index in [0.29, 0.717) is 6.42 Å². The van der Waals surface area contributed by atoms with Crippen molar-refractivity contribution in [3.63, 3.8) is 0 Å². The summed E-state index contributed by atoms with van der Waals surface area (Å²) in [7, 11) is -0.710. The molecule has 0 spiro atoms. The Morgan fingerprint density at radius 2 is 2.04 bits per heavy atom. The van der Waals surface area contributed by atoms with Crippen LogP contribution in [0.2, 0.25) is 0 Å². The number of carbonyl (C=O) groups excluding carboxylic acids is 1. The van der Waals surface area contributed by atoms with Gasteiger partial charge >= 0.3 is 14.4 Å². The summed E-state index contributed by atoms with van der Waals surface area (Å²) < 4.78 is 16.7. The molecule has 122 valence electrons. The van der Waals surface area contributed by atoms with Gasteiger partial charge in [-0.2, -0.15) is 0 Å². The molecule has 0 fully saturated rings. The van der Waals surface area contributed by atoms with Crippen LogP contribution in [0.1, 0.15) is 27.2 Å². The third-order valence-corrected chi connectivity index (χ3v) is 5.08. The Labute approximate surface area is 142 Å². The maximum absolute atomic E-state index is 12.2. The number of esters is 1. The molecule has 0 bridgehead atoms. The molecule has 4 nitrogen and oxygen atoms in total. The Balaban J connectivity index is 1.95. The van der Waals surface area contributed by atoms with E-state index in [-0.39, 0.29) is 11.9 Å². The molecule has 1 aromatic carbocycles. The number of ether oxygens (including phenoxy) is 1. The summed E-state index contributed by atoms with van der Waals surface area (Å²) >= 11 is 1.36. The van der Waals surface area contributed by atoms with E-state index in [4.69, 9.17) is 4.74 Å². The minimum Gasteiger partial charge on any atom is -0.451 e. The summed E-state index contributed by atoms with van der Waals surface area (Å²) in [5.74, 6) is 0.0409. The predicted octanol–water partition coefficient (Wildman–Crippen LogP) is 4.66. The van der Waals surface area contributed by atoms with Gasteiger partial charge in [0, 0.05) is 11.8 Å². The smallest absolute Gasteiger partial charge is 0.361 e. The Hall–Kier alpha value is -1.45. The van der Waals surface area contributed by atoms with Crippen LogP contribution in [-0.4, -0.2) is 22.0 Å². The van der Waals surface area contributed by atoms with Crippen molar-refractivity contribution in [2.45, 2.75) is 37.4 Å². The normalized spacial score (nSPS) is 14.1. The average molecular weight is 350 g/mol. The first-order valence-corrected chi connectivity index (χ1v) is 9.39. The summed E-state index contributed by atoms with van der Waals surface area (Å²) in [6, 6.07) is 11.8. The number of thioether (sulfide) groups is 1. The standard InChI is InChI=1S/C17H20NO3PS/c1-12(2)10-17(3,22-20)16(19)21-11-23-15-9-8-13-6-4-5-7-14(13)18-15/h4-9,12H,10-11H2,1-3H3/p+1. The highest BCUT2D eigenvalue weighted by molar-refractivity contribution is 7.99. The number of nitrogens with zero attached hydrogens (tertiary/aromatic N) is 1. The molecule has 1 heterocycles. The number of aromatic nitrogens is 1. The van der Waals surface area contributed by atoms with Crippen LogP contribution in [0.15, 0.2) is 41.4 Å². The largest absolute Gasteiger partial charge is 0.451 e. The van der Waals surface area contributed by atoms with Gasteiger partial charge in [-0.3, -0.25) is 0 Å². The molecule has 0 amide bonds. The number of hydrogen-bond donors (Lipinski definition) is 0. The molecule has 0 saturated carbocycles. The lowest BCUT2D eigenvalue weighted by atomic mass is 9.98. The summed E-state index contributed by atoms with van der Waals surface area (Å²) in [6.45, 7) is 5.69. The van der Waals surface area contributed by atoms with Gasteiger partial charge in [0.2, 0.25) is 0 Å². The predicted molar refractivity (Wildman–Crippen MR) is 95.4 cm³/mol. The molecule has 2 atom stereocenters. The van der Waals surface area contributed by atoms with Crippen molar-refractivity contribution >= 4 is 37.1 Å². The number of hydrogen-bond acceptors (Lipinski definition) is 5. The summed E-state index contributed by atoms with van der Waals surface area (Å²) in [5, 5.41) is 0.948. The zero-order valence-corrected chi connectivity index (χ0v) is 15.4. The second-order valence-corrected chi connectivity index (χ2v) is 8.32. The van der Waals surface area contributed by atoms with Crippen LogP contribution < -0.4 is 0 Å². The van der Waals surface area contributed by atoms with Gasteiger partial charge in [0.05, 0.1) is 10.5 Å². The van der Waals surface area contributed by atoms with Crippen LogP contribution in [0.25, 0.3) is 10.9 Å². The maximum atomic E-state index is 12.2. The van der Waals surface area contributed by atoms with Crippen molar-refractivity contribution in [3.05, 3.63) is 36.4 Å². The fraction of sp³-hybridized carbons (Fsp3) is 0.412. The SMILES string of the molecule is CC(C)CC(C)([PH+]=O)C(=O)OCSc1ccc2ccccc2n1. The maximum Gasteiger partial charge on any atom is 0.361 e. The van der Waals surface area contributed by atoms with Crippen LogP contribution in [-0.2, 0) is 14.1 Å². The van der Waals surface area contributed by atoms with E-state index < -0.39 is 19.6 Å². The highest BCUT2D eigenvalue weighted by atomic mass is 32.2. The van der Waals surface area contributed by atoms with Crippen molar-refractivity contribution in [2.75, 3.05) is 5.94 Å². The first kappa shape index (κ1) is 17.9. The third kappa shape index (κ3) is 4.76. The van der Waals surface area contributed by atoms with Crippen LogP contribution in [0.3, 0.4) is 0 Å². The minimum absolute atomic E-state index is 0.169. The van der Waals surface area contributed by atoms with Crippen LogP contribution in [0, 0.1) is 5.92 Å². The quantitative estimate of drug-likeness (QED) is 0.315. The second-order valence-electron chi connectivity index (χ2n) is 6.07. The van der Waals surface area contributed by atoms with E-state index in [1.165, 1.54) is 11.8 Å². The molecule has 1 aromatic heterocycles. The molecular weight excluding hydrogens is 329 g/mol. The number of fused-ring (bicyclic) bond motifs is 1. The van der Waals surface area contributed by atoms with Gasteiger partial charge in [0.25, 0.3) is 5.16 Å². The highest BCUT2D eigenvalue weighted by Gasteiger charge is 2.44. The Kier molecular flexibility index (Phi) is 6.14. The van der Waals surface area contributed by atoms with E-state index >= 15 is 0 Å². The fourth-order valence-corrected chi connectivity index (χ4v) is 3.67. The van der Waals surface area contributed by atoms with Gasteiger partial charge in [-0.15, -0.1) is 0 Å². The summed E-state index contributed by atoms with van der Waals surface area (Å²) in [4.78, 5) is 16.7. The molecule has 0 radical (unpaired) electrons. The van der Waals surface area contributed by atoms with Crippen LogP contribution in [0.5, 0.6) is 0 Å². The van der Waals surface area contributed by atoms with Crippen molar-refractivity contribution < 1.29 is 14.1 Å². The van der Waals surface area contributed by atoms with E-state index in [1.54, 1.807) is 6.92 Å². The topological polar surface area (TPSA) is 56.3 Å². The molecule has 6 heteroatoms. The minimum atomic E-state index is -0.925. The van der Waals surface area contributed by atoms with E-state index in [2.05, 4.69) is 4.98 Å².